The van der Waals surface area contributed by atoms with E-state index in [1.165, 1.54) is 37.4 Å². The summed E-state index contributed by atoms with van der Waals surface area (Å²) in [6.07, 6.45) is 9.57. The van der Waals surface area contributed by atoms with Gasteiger partial charge in [0, 0.05) is 24.0 Å². The maximum atomic E-state index is 13.2. The molecule has 154 valence electrons. The van der Waals surface area contributed by atoms with Crippen molar-refractivity contribution in [2.24, 2.45) is 0 Å². The molecule has 1 saturated heterocycles. The van der Waals surface area contributed by atoms with Crippen molar-refractivity contribution in [3.8, 4) is 0 Å². The fourth-order valence-electron chi connectivity index (χ4n) is 4.77. The van der Waals surface area contributed by atoms with E-state index >= 15 is 0 Å². The Labute approximate surface area is 170 Å². The summed E-state index contributed by atoms with van der Waals surface area (Å²) in [7, 11) is -3.01. The molecule has 4 fully saturated rings. The molecule has 7 nitrogen and oxygen atoms in total. The fourth-order valence-corrected chi connectivity index (χ4v) is 7.36. The van der Waals surface area contributed by atoms with Crippen LogP contribution in [-0.4, -0.2) is 63.3 Å². The third-order valence-corrected chi connectivity index (χ3v) is 9.16. The second-order valence-corrected chi connectivity index (χ2v) is 12.0. The van der Waals surface area contributed by atoms with Gasteiger partial charge in [0.15, 0.2) is 15.0 Å². The summed E-state index contributed by atoms with van der Waals surface area (Å²) >= 11 is 1.48. The van der Waals surface area contributed by atoms with Crippen LogP contribution in [0.15, 0.2) is 5.16 Å². The van der Waals surface area contributed by atoms with Crippen molar-refractivity contribution >= 4 is 27.5 Å². The third kappa shape index (κ3) is 3.84. The monoisotopic (exact) mass is 424 g/mol. The van der Waals surface area contributed by atoms with E-state index in [-0.39, 0.29) is 29.5 Å². The lowest BCUT2D eigenvalue weighted by atomic mass is 10.1. The Morgan fingerprint density at radius 1 is 1.04 bits per heavy atom. The largest absolute Gasteiger partial charge is 0.335 e. The molecule has 1 atom stereocenters. The number of carbonyl (C=O) groups excluding carboxylic acids is 1. The molecule has 2 heterocycles. The Bertz CT molecular complexity index is 855. The molecule has 3 aliphatic carbocycles. The van der Waals surface area contributed by atoms with E-state index < -0.39 is 9.84 Å². The highest BCUT2D eigenvalue weighted by Gasteiger charge is 2.40. The number of hydrogen-bond acceptors (Lipinski definition) is 6. The standard InChI is InChI=1S/C19H28N4O3S2/c24-17(22(14-3-1-2-4-14)16-9-10-28(25,26)12-16)11-27-19-21-20-18(13-5-6-13)23(19)15-7-8-15/h13-16H,1-12H2/t16-/m0/s1. The predicted octanol–water partition coefficient (Wildman–Crippen LogP) is 2.54. The average molecular weight is 425 g/mol. The van der Waals surface area contributed by atoms with Gasteiger partial charge in [-0.15, -0.1) is 10.2 Å². The van der Waals surface area contributed by atoms with Crippen molar-refractivity contribution < 1.29 is 13.2 Å². The van der Waals surface area contributed by atoms with Crippen molar-refractivity contribution in [2.45, 2.75) is 87.0 Å². The highest BCUT2D eigenvalue weighted by Crippen LogP contribution is 2.46. The minimum atomic E-state index is -3.01. The third-order valence-electron chi connectivity index (χ3n) is 6.48. The van der Waals surface area contributed by atoms with Crippen LogP contribution in [0.2, 0.25) is 0 Å². The topological polar surface area (TPSA) is 85.2 Å². The van der Waals surface area contributed by atoms with Crippen molar-refractivity contribution in [3.63, 3.8) is 0 Å². The molecule has 1 aromatic rings. The van der Waals surface area contributed by atoms with Gasteiger partial charge in [-0.05, 0) is 44.9 Å². The Hall–Kier alpha value is -1.09. The molecular formula is C19H28N4O3S2. The van der Waals surface area contributed by atoms with Crippen molar-refractivity contribution in [3.05, 3.63) is 5.82 Å². The number of hydrogen-bond donors (Lipinski definition) is 0. The lowest BCUT2D eigenvalue weighted by molar-refractivity contribution is -0.132. The Morgan fingerprint density at radius 3 is 2.39 bits per heavy atom. The number of sulfone groups is 1. The summed E-state index contributed by atoms with van der Waals surface area (Å²) in [6, 6.07) is 0.563. The van der Waals surface area contributed by atoms with Crippen LogP contribution in [0.4, 0.5) is 0 Å². The van der Waals surface area contributed by atoms with Gasteiger partial charge in [-0.2, -0.15) is 0 Å². The van der Waals surface area contributed by atoms with Gasteiger partial charge in [0.2, 0.25) is 5.91 Å². The number of aromatic nitrogens is 3. The summed E-state index contributed by atoms with van der Waals surface area (Å²) in [5, 5.41) is 9.69. The van der Waals surface area contributed by atoms with Gasteiger partial charge < -0.3 is 9.47 Å². The quantitative estimate of drug-likeness (QED) is 0.626. The maximum Gasteiger partial charge on any atom is 0.233 e. The van der Waals surface area contributed by atoms with Gasteiger partial charge in [-0.3, -0.25) is 4.79 Å². The minimum absolute atomic E-state index is 0.0670. The van der Waals surface area contributed by atoms with Crippen molar-refractivity contribution in [2.75, 3.05) is 17.3 Å². The predicted molar refractivity (Wildman–Crippen MR) is 107 cm³/mol. The molecule has 0 unspecified atom stereocenters. The molecule has 0 bridgehead atoms. The first-order valence-electron chi connectivity index (χ1n) is 10.6. The van der Waals surface area contributed by atoms with Gasteiger partial charge in [0.05, 0.1) is 17.3 Å². The second kappa shape index (κ2) is 7.31. The summed E-state index contributed by atoms with van der Waals surface area (Å²) in [6.45, 7) is 0. The van der Waals surface area contributed by atoms with Crippen LogP contribution in [0.3, 0.4) is 0 Å². The van der Waals surface area contributed by atoms with E-state index in [1.54, 1.807) is 0 Å². The van der Waals surface area contributed by atoms with Crippen LogP contribution >= 0.6 is 11.8 Å². The Balaban J connectivity index is 1.30. The number of nitrogens with zero attached hydrogens (tertiary/aromatic N) is 4. The summed E-state index contributed by atoms with van der Waals surface area (Å²) in [4.78, 5) is 15.1. The zero-order chi connectivity index (χ0) is 19.3. The highest BCUT2D eigenvalue weighted by molar-refractivity contribution is 7.99. The van der Waals surface area contributed by atoms with Gasteiger partial charge in [0.1, 0.15) is 5.82 Å². The molecule has 1 aliphatic heterocycles. The molecule has 1 aromatic heterocycles. The van der Waals surface area contributed by atoms with E-state index in [0.717, 1.165) is 36.7 Å². The van der Waals surface area contributed by atoms with Crippen LogP contribution in [0.25, 0.3) is 0 Å². The SMILES string of the molecule is O=C(CSc1nnc(C2CC2)n1C1CC1)N(C1CCCC1)[C@H]1CCS(=O)(=O)C1. The summed E-state index contributed by atoms with van der Waals surface area (Å²) in [5.74, 6) is 2.38. The normalized spacial score (nSPS) is 27.4. The number of carbonyl (C=O) groups is 1. The molecule has 4 aliphatic rings. The summed E-state index contributed by atoms with van der Waals surface area (Å²) < 4.78 is 26.3. The number of amides is 1. The van der Waals surface area contributed by atoms with E-state index in [1.807, 2.05) is 4.90 Å². The molecule has 1 amide bonds. The van der Waals surface area contributed by atoms with Crippen LogP contribution in [0, 0.1) is 0 Å². The van der Waals surface area contributed by atoms with Gasteiger partial charge in [0.25, 0.3) is 0 Å². The number of rotatable bonds is 7. The fraction of sp³-hybridized carbons (Fsp3) is 0.842. The first-order chi connectivity index (χ1) is 13.5. The lowest BCUT2D eigenvalue weighted by Gasteiger charge is -2.34. The van der Waals surface area contributed by atoms with E-state index in [9.17, 15) is 13.2 Å². The molecule has 28 heavy (non-hydrogen) atoms. The second-order valence-electron chi connectivity index (χ2n) is 8.80. The lowest BCUT2D eigenvalue weighted by Crippen LogP contribution is -2.47. The van der Waals surface area contributed by atoms with Gasteiger partial charge >= 0.3 is 0 Å². The van der Waals surface area contributed by atoms with Gasteiger partial charge in [-0.25, -0.2) is 8.42 Å². The molecular weight excluding hydrogens is 396 g/mol. The molecule has 3 saturated carbocycles. The smallest absolute Gasteiger partial charge is 0.233 e. The van der Waals surface area contributed by atoms with Crippen LogP contribution in [-0.2, 0) is 14.6 Å². The highest BCUT2D eigenvalue weighted by atomic mass is 32.2. The van der Waals surface area contributed by atoms with Crippen LogP contribution < -0.4 is 0 Å². The van der Waals surface area contributed by atoms with E-state index in [4.69, 9.17) is 0 Å². The molecule has 0 spiro atoms. The molecule has 0 N–H and O–H groups in total. The molecule has 9 heteroatoms. The Morgan fingerprint density at radius 2 is 1.79 bits per heavy atom. The first kappa shape index (κ1) is 18.9. The van der Waals surface area contributed by atoms with E-state index in [2.05, 4.69) is 14.8 Å². The zero-order valence-corrected chi connectivity index (χ0v) is 17.8. The minimum Gasteiger partial charge on any atom is -0.335 e. The molecule has 5 rings (SSSR count). The van der Waals surface area contributed by atoms with E-state index in [0.29, 0.717) is 24.1 Å². The van der Waals surface area contributed by atoms with Gasteiger partial charge in [-0.1, -0.05) is 24.6 Å². The first-order valence-corrected chi connectivity index (χ1v) is 13.4. The molecule has 0 aromatic carbocycles. The maximum absolute atomic E-state index is 13.2. The Kier molecular flexibility index (Phi) is 4.93. The van der Waals surface area contributed by atoms with Crippen molar-refractivity contribution in [1.82, 2.24) is 19.7 Å². The van der Waals surface area contributed by atoms with Crippen molar-refractivity contribution in [1.29, 1.82) is 0 Å². The van der Waals surface area contributed by atoms with Crippen LogP contribution in [0.1, 0.15) is 75.6 Å². The average Bonchev–Trinajstić information content (AvgIpc) is 3.56. The molecule has 0 radical (unpaired) electrons. The zero-order valence-electron chi connectivity index (χ0n) is 16.1. The number of thioether (sulfide) groups is 1. The van der Waals surface area contributed by atoms with Crippen LogP contribution in [0.5, 0.6) is 0 Å². The summed E-state index contributed by atoms with van der Waals surface area (Å²) in [5.41, 5.74) is 0.